The lowest BCUT2D eigenvalue weighted by atomic mass is 9.93. The molecule has 0 saturated carbocycles. The first-order valence-electron chi connectivity index (χ1n) is 20.3. The maximum Gasteiger partial charge on any atom is 0.165 e. The van der Waals surface area contributed by atoms with Gasteiger partial charge in [-0.1, -0.05) is 133 Å². The Morgan fingerprint density at radius 1 is 0.339 bits per heavy atom. The van der Waals surface area contributed by atoms with Crippen molar-refractivity contribution in [1.82, 2.24) is 23.3 Å². The summed E-state index contributed by atoms with van der Waals surface area (Å²) >= 11 is 0. The maximum atomic E-state index is 5.70. The molecule has 59 heavy (non-hydrogen) atoms. The molecule has 0 aliphatic heterocycles. The van der Waals surface area contributed by atoms with Gasteiger partial charge in [0.05, 0.1) is 33.1 Å². The first-order chi connectivity index (χ1) is 29.3. The van der Waals surface area contributed by atoms with Gasteiger partial charge in [0.1, 0.15) is 11.0 Å². The summed E-state index contributed by atoms with van der Waals surface area (Å²) < 4.78 is 7.18. The van der Waals surface area contributed by atoms with E-state index in [0.717, 1.165) is 49.8 Å². The van der Waals surface area contributed by atoms with Gasteiger partial charge in [0.15, 0.2) is 11.3 Å². The van der Waals surface area contributed by atoms with Crippen LogP contribution in [0.25, 0.3) is 137 Å². The average molecular weight is 748 g/mol. The van der Waals surface area contributed by atoms with Gasteiger partial charge in [-0.2, -0.15) is 0 Å². The molecule has 0 atom stereocenters. The Morgan fingerprint density at radius 2 is 0.949 bits per heavy atom. The molecule has 9 aromatic carbocycles. The molecule has 0 bridgehead atoms. The van der Waals surface area contributed by atoms with Crippen molar-refractivity contribution >= 4 is 120 Å². The minimum Gasteiger partial charge on any atom is -0.309 e. The summed E-state index contributed by atoms with van der Waals surface area (Å²) in [5.41, 5.74) is 14.3. The van der Waals surface area contributed by atoms with Gasteiger partial charge in [-0.15, -0.1) is 0 Å². The van der Waals surface area contributed by atoms with E-state index in [1.165, 1.54) is 87.1 Å². The summed E-state index contributed by atoms with van der Waals surface area (Å²) in [6.07, 6.45) is 0. The second kappa shape index (κ2) is 10.5. The summed E-state index contributed by atoms with van der Waals surface area (Å²) in [7, 11) is 0. The quantitative estimate of drug-likeness (QED) is 0.177. The number of para-hydroxylation sites is 4. The van der Waals surface area contributed by atoms with Gasteiger partial charge in [-0.25, -0.2) is 9.97 Å². The van der Waals surface area contributed by atoms with E-state index in [0.29, 0.717) is 0 Å². The van der Waals surface area contributed by atoms with Crippen molar-refractivity contribution in [2.45, 2.75) is 0 Å². The Hall–Kier alpha value is -8.02. The van der Waals surface area contributed by atoms with E-state index >= 15 is 0 Å². The molecule has 270 valence electrons. The molecule has 0 radical (unpaired) electrons. The number of hydrogen-bond acceptors (Lipinski definition) is 2. The van der Waals surface area contributed by atoms with Crippen LogP contribution in [-0.4, -0.2) is 23.3 Å². The zero-order chi connectivity index (χ0) is 38.1. The van der Waals surface area contributed by atoms with Crippen LogP contribution in [0.3, 0.4) is 0 Å². The Labute approximate surface area is 334 Å². The lowest BCUT2D eigenvalue weighted by Gasteiger charge is -2.12. The second-order valence-electron chi connectivity index (χ2n) is 16.1. The topological polar surface area (TPSA) is 39.5 Å². The van der Waals surface area contributed by atoms with Crippen LogP contribution in [0.2, 0.25) is 0 Å². The molecule has 0 aliphatic rings. The Kier molecular flexibility index (Phi) is 5.36. The van der Waals surface area contributed by atoms with Crippen LogP contribution in [0.15, 0.2) is 176 Å². The van der Waals surface area contributed by atoms with Crippen LogP contribution in [0.5, 0.6) is 0 Å². The zero-order valence-corrected chi connectivity index (χ0v) is 31.5. The summed E-state index contributed by atoms with van der Waals surface area (Å²) in [4.78, 5) is 11.3. The van der Waals surface area contributed by atoms with Crippen molar-refractivity contribution in [3.05, 3.63) is 176 Å². The Bertz CT molecular complexity index is 4300. The molecule has 5 nitrogen and oxygen atoms in total. The van der Waals surface area contributed by atoms with E-state index in [4.69, 9.17) is 9.97 Å². The van der Waals surface area contributed by atoms with E-state index in [1.54, 1.807) is 0 Å². The van der Waals surface area contributed by atoms with Crippen molar-refractivity contribution in [2.75, 3.05) is 0 Å². The number of hydrogen-bond donors (Lipinski definition) is 0. The van der Waals surface area contributed by atoms with E-state index < -0.39 is 0 Å². The number of rotatable bonds is 2. The van der Waals surface area contributed by atoms with Gasteiger partial charge >= 0.3 is 0 Å². The normalized spacial score (nSPS) is 12.7. The summed E-state index contributed by atoms with van der Waals surface area (Å²) in [5, 5.41) is 14.6. The van der Waals surface area contributed by atoms with Crippen LogP contribution < -0.4 is 0 Å². The molecule has 15 rings (SSSR count). The van der Waals surface area contributed by atoms with Crippen molar-refractivity contribution in [3.63, 3.8) is 0 Å². The first-order valence-corrected chi connectivity index (χ1v) is 20.3. The highest BCUT2D eigenvalue weighted by Gasteiger charge is 2.27. The molecular formula is C54H29N5. The van der Waals surface area contributed by atoms with Crippen LogP contribution in [0, 0.1) is 0 Å². The molecule has 0 aliphatic carbocycles. The smallest absolute Gasteiger partial charge is 0.165 e. The van der Waals surface area contributed by atoms with Gasteiger partial charge < -0.3 is 4.57 Å². The van der Waals surface area contributed by atoms with Gasteiger partial charge in [-0.3, -0.25) is 8.80 Å². The highest BCUT2D eigenvalue weighted by atomic mass is 15.1. The number of aromatic nitrogens is 5. The second-order valence-corrected chi connectivity index (χ2v) is 16.1. The number of nitrogens with zero attached hydrogens (tertiary/aromatic N) is 5. The predicted octanol–water partition coefficient (Wildman–Crippen LogP) is 13.8. The molecule has 6 heterocycles. The lowest BCUT2D eigenvalue weighted by molar-refractivity contribution is 1.18. The molecule has 0 spiro atoms. The van der Waals surface area contributed by atoms with E-state index in [2.05, 4.69) is 189 Å². The highest BCUT2D eigenvalue weighted by molar-refractivity contribution is 6.31. The molecule has 0 saturated heterocycles. The lowest BCUT2D eigenvalue weighted by Crippen LogP contribution is -1.94. The van der Waals surface area contributed by atoms with Gasteiger partial charge in [0.25, 0.3) is 0 Å². The minimum atomic E-state index is 0.890. The zero-order valence-electron chi connectivity index (χ0n) is 31.5. The molecule has 15 aromatic rings. The van der Waals surface area contributed by atoms with Crippen LogP contribution >= 0.6 is 0 Å². The molecule has 0 amide bonds. The maximum absolute atomic E-state index is 5.70. The van der Waals surface area contributed by atoms with E-state index in [-0.39, 0.29) is 0 Å². The fourth-order valence-electron chi connectivity index (χ4n) is 10.9. The Balaban J connectivity index is 1.10. The predicted molar refractivity (Wildman–Crippen MR) is 246 cm³/mol. The Morgan fingerprint density at radius 3 is 1.78 bits per heavy atom. The number of benzene rings is 9. The fraction of sp³-hybridized carbons (Fsp3) is 0. The molecule has 0 fully saturated rings. The van der Waals surface area contributed by atoms with Crippen molar-refractivity contribution < 1.29 is 0 Å². The van der Waals surface area contributed by atoms with Gasteiger partial charge in [-0.05, 0) is 69.6 Å². The number of fused-ring (bicyclic) bond motifs is 18. The summed E-state index contributed by atoms with van der Waals surface area (Å²) in [6, 6.07) is 64.3. The fourth-order valence-corrected chi connectivity index (χ4v) is 10.9. The van der Waals surface area contributed by atoms with Crippen LogP contribution in [-0.2, 0) is 0 Å². The van der Waals surface area contributed by atoms with Crippen LogP contribution in [0.4, 0.5) is 0 Å². The van der Waals surface area contributed by atoms with Crippen molar-refractivity contribution in [2.24, 2.45) is 0 Å². The van der Waals surface area contributed by atoms with E-state index in [1.807, 2.05) is 0 Å². The standard InChI is InChI=1S/C54H29N5/c1-2-14-33(15-3-1)57-43-23-9-8-18-36(43)41-29-32(25-26-44(41)57)46-35-17-7-5-13-31(35)28-42-37-19-10-21-39-49-54(59(50(37)39)52(42)46)56-48-40-22-11-20-38-47-34-16-6-4-12-30(34)24-27-45(47)58(51(38)40)53(48)55-49/h1-29H. The SMILES string of the molecule is c1ccc(-n2c3ccccc3c3cc(-c4c5ccccc5cc5c6cccc7c8nc9c(nc8n(c45)c67)c4cccc5c6c7ccccc7ccc6n9c45)ccc32)cc1. The highest BCUT2D eigenvalue weighted by Crippen LogP contribution is 2.47. The summed E-state index contributed by atoms with van der Waals surface area (Å²) in [5.74, 6) is 0. The molecular weight excluding hydrogens is 719 g/mol. The monoisotopic (exact) mass is 747 g/mol. The summed E-state index contributed by atoms with van der Waals surface area (Å²) in [6.45, 7) is 0. The molecule has 5 heteroatoms. The van der Waals surface area contributed by atoms with Gasteiger partial charge in [0, 0.05) is 54.3 Å². The van der Waals surface area contributed by atoms with Crippen molar-refractivity contribution in [1.29, 1.82) is 0 Å². The van der Waals surface area contributed by atoms with Gasteiger partial charge in [0.2, 0.25) is 0 Å². The van der Waals surface area contributed by atoms with Crippen molar-refractivity contribution in [3.8, 4) is 16.8 Å². The molecule has 0 unspecified atom stereocenters. The average Bonchev–Trinajstić information content (AvgIpc) is 4.08. The molecule has 6 aromatic heterocycles. The van der Waals surface area contributed by atoms with E-state index in [9.17, 15) is 0 Å². The first kappa shape index (κ1) is 30.2. The minimum absolute atomic E-state index is 0.890. The molecule has 0 N–H and O–H groups in total. The third kappa shape index (κ3) is 3.59. The van der Waals surface area contributed by atoms with Crippen LogP contribution in [0.1, 0.15) is 0 Å². The third-order valence-corrected chi connectivity index (χ3v) is 13.2. The third-order valence-electron chi connectivity index (χ3n) is 13.2. The largest absolute Gasteiger partial charge is 0.309 e.